The minimum absolute atomic E-state index is 0.0355. The maximum Gasteiger partial charge on any atom is 0.246 e. The van der Waals surface area contributed by atoms with Crippen LogP contribution >= 0.6 is 0 Å². The number of methoxy groups -OCH3 is 2. The third-order valence-corrected chi connectivity index (χ3v) is 3.98. The van der Waals surface area contributed by atoms with E-state index in [9.17, 15) is 9.18 Å². The summed E-state index contributed by atoms with van der Waals surface area (Å²) in [7, 11) is 4.65. The van der Waals surface area contributed by atoms with Crippen LogP contribution in [0.25, 0.3) is 6.08 Å². The lowest BCUT2D eigenvalue weighted by atomic mass is 10.1. The zero-order chi connectivity index (χ0) is 20.7. The van der Waals surface area contributed by atoms with Gasteiger partial charge in [-0.15, -0.1) is 0 Å². The van der Waals surface area contributed by atoms with E-state index in [1.165, 1.54) is 24.2 Å². The normalized spacial score (nSPS) is 11.0. The number of benzene rings is 2. The monoisotopic (exact) mass is 387 g/mol. The Morgan fingerprint density at radius 2 is 1.75 bits per heavy atom. The lowest BCUT2D eigenvalue weighted by Crippen LogP contribution is -2.24. The third kappa shape index (κ3) is 5.74. The van der Waals surface area contributed by atoms with Crippen LogP contribution in [0.15, 0.2) is 42.5 Å². The molecule has 2 aromatic rings. The molecule has 0 saturated carbocycles. The Hall–Kier alpha value is -3.02. The van der Waals surface area contributed by atoms with Crippen molar-refractivity contribution in [2.75, 3.05) is 21.3 Å². The molecular formula is C22H26FNO4. The van der Waals surface area contributed by atoms with Crippen LogP contribution in [0.5, 0.6) is 17.2 Å². The zero-order valence-electron chi connectivity index (χ0n) is 16.9. The number of carbonyl (C=O) groups excluding carboxylic acids is 1. The highest BCUT2D eigenvalue weighted by Crippen LogP contribution is 2.29. The maximum atomic E-state index is 13.8. The molecule has 5 nitrogen and oxygen atoms in total. The van der Waals surface area contributed by atoms with E-state index in [-0.39, 0.29) is 24.3 Å². The summed E-state index contributed by atoms with van der Waals surface area (Å²) in [6.45, 7) is 4.17. The number of amides is 1. The lowest BCUT2D eigenvalue weighted by molar-refractivity contribution is -0.125. The molecule has 2 rings (SSSR count). The highest BCUT2D eigenvalue weighted by molar-refractivity contribution is 5.91. The van der Waals surface area contributed by atoms with E-state index >= 15 is 0 Å². The van der Waals surface area contributed by atoms with E-state index in [1.54, 1.807) is 38.4 Å². The second-order valence-corrected chi connectivity index (χ2v) is 6.57. The van der Waals surface area contributed by atoms with E-state index in [0.29, 0.717) is 17.1 Å². The number of nitrogens with zero attached hydrogens (tertiary/aromatic N) is 1. The van der Waals surface area contributed by atoms with Crippen molar-refractivity contribution in [3.63, 3.8) is 0 Å². The van der Waals surface area contributed by atoms with Crippen molar-refractivity contribution in [1.29, 1.82) is 0 Å². The van der Waals surface area contributed by atoms with E-state index in [2.05, 4.69) is 0 Å². The summed E-state index contributed by atoms with van der Waals surface area (Å²) in [5.41, 5.74) is 1.49. The van der Waals surface area contributed by atoms with Crippen molar-refractivity contribution in [2.24, 2.45) is 0 Å². The van der Waals surface area contributed by atoms with Crippen molar-refractivity contribution >= 4 is 12.0 Å². The van der Waals surface area contributed by atoms with Gasteiger partial charge in [-0.1, -0.05) is 12.1 Å². The Kier molecular flexibility index (Phi) is 7.44. The van der Waals surface area contributed by atoms with Crippen molar-refractivity contribution < 1.29 is 23.4 Å². The Labute approximate surface area is 165 Å². The molecule has 1 amide bonds. The average molecular weight is 387 g/mol. The van der Waals surface area contributed by atoms with Gasteiger partial charge in [-0.2, -0.15) is 0 Å². The number of carbonyl (C=O) groups is 1. The largest absolute Gasteiger partial charge is 0.494 e. The smallest absolute Gasteiger partial charge is 0.246 e. The zero-order valence-corrected chi connectivity index (χ0v) is 16.9. The Morgan fingerprint density at radius 1 is 1.07 bits per heavy atom. The number of halogens is 1. The summed E-state index contributed by atoms with van der Waals surface area (Å²) in [6, 6.07) is 10.1. The van der Waals surface area contributed by atoms with Gasteiger partial charge in [0.1, 0.15) is 0 Å². The molecule has 0 saturated heterocycles. The van der Waals surface area contributed by atoms with E-state index in [4.69, 9.17) is 14.2 Å². The predicted molar refractivity (Wildman–Crippen MR) is 107 cm³/mol. The molecule has 0 bridgehead atoms. The van der Waals surface area contributed by atoms with Crippen LogP contribution in [0.2, 0.25) is 0 Å². The van der Waals surface area contributed by atoms with Crippen LogP contribution in [-0.4, -0.2) is 38.2 Å². The molecule has 0 aromatic heterocycles. The van der Waals surface area contributed by atoms with Crippen molar-refractivity contribution in [3.8, 4) is 17.2 Å². The van der Waals surface area contributed by atoms with Crippen molar-refractivity contribution in [1.82, 2.24) is 4.90 Å². The molecule has 0 unspecified atom stereocenters. The van der Waals surface area contributed by atoms with Gasteiger partial charge in [-0.25, -0.2) is 4.39 Å². The summed E-state index contributed by atoms with van der Waals surface area (Å²) in [4.78, 5) is 13.9. The van der Waals surface area contributed by atoms with Crippen LogP contribution in [0.3, 0.4) is 0 Å². The van der Waals surface area contributed by atoms with Crippen molar-refractivity contribution in [2.45, 2.75) is 26.5 Å². The summed E-state index contributed by atoms with van der Waals surface area (Å²) in [6.07, 6.45) is 3.21. The molecule has 28 heavy (non-hydrogen) atoms. The van der Waals surface area contributed by atoms with Crippen LogP contribution < -0.4 is 14.2 Å². The van der Waals surface area contributed by atoms with Crippen LogP contribution in [0.1, 0.15) is 25.0 Å². The third-order valence-electron chi connectivity index (χ3n) is 3.98. The van der Waals surface area contributed by atoms with Crippen molar-refractivity contribution in [3.05, 3.63) is 59.4 Å². The minimum atomic E-state index is -0.452. The summed E-state index contributed by atoms with van der Waals surface area (Å²) in [5, 5.41) is 0. The predicted octanol–water partition coefficient (Wildman–Crippen LogP) is 4.30. The van der Waals surface area contributed by atoms with E-state index in [0.717, 1.165) is 5.56 Å². The Morgan fingerprint density at radius 3 is 2.36 bits per heavy atom. The van der Waals surface area contributed by atoms with Gasteiger partial charge < -0.3 is 19.1 Å². The lowest BCUT2D eigenvalue weighted by Gasteiger charge is -2.16. The standard InChI is InChI=1S/C22H26FNO4/c1-15(2)28-20-10-6-16(13-21(20)27-5)8-11-22(25)24(3)14-17-7-9-19(26-4)18(23)12-17/h6-13,15H,14H2,1-5H3/b11-8+. The van der Waals surface area contributed by atoms with Gasteiger partial charge in [-0.3, -0.25) is 4.79 Å². The molecular weight excluding hydrogens is 361 g/mol. The molecule has 2 aromatic carbocycles. The Bertz CT molecular complexity index is 848. The second-order valence-electron chi connectivity index (χ2n) is 6.57. The molecule has 0 aliphatic carbocycles. The fourth-order valence-electron chi connectivity index (χ4n) is 2.59. The quantitative estimate of drug-likeness (QED) is 0.634. The Balaban J connectivity index is 2.04. The molecule has 150 valence electrons. The second kappa shape index (κ2) is 9.78. The summed E-state index contributed by atoms with van der Waals surface area (Å²) in [5.74, 6) is 0.784. The molecule has 0 heterocycles. The van der Waals surface area contributed by atoms with Gasteiger partial charge in [0.05, 0.1) is 20.3 Å². The van der Waals surface area contributed by atoms with Crippen LogP contribution in [0, 0.1) is 5.82 Å². The SMILES string of the molecule is COc1ccc(CN(C)C(=O)/C=C/c2ccc(OC(C)C)c(OC)c2)cc1F. The highest BCUT2D eigenvalue weighted by Gasteiger charge is 2.10. The molecule has 0 N–H and O–H groups in total. The number of ether oxygens (including phenoxy) is 3. The summed E-state index contributed by atoms with van der Waals surface area (Å²) < 4.78 is 29.7. The first-order valence-corrected chi connectivity index (χ1v) is 8.94. The fourth-order valence-corrected chi connectivity index (χ4v) is 2.59. The van der Waals surface area contributed by atoms with Gasteiger partial charge in [-0.05, 0) is 55.3 Å². The topological polar surface area (TPSA) is 48.0 Å². The first kappa shape index (κ1) is 21.3. The molecule has 0 radical (unpaired) electrons. The highest BCUT2D eigenvalue weighted by atomic mass is 19.1. The first-order valence-electron chi connectivity index (χ1n) is 8.94. The molecule has 0 spiro atoms. The summed E-state index contributed by atoms with van der Waals surface area (Å²) >= 11 is 0. The average Bonchev–Trinajstić information content (AvgIpc) is 2.66. The van der Waals surface area contributed by atoms with Crippen LogP contribution in [0.4, 0.5) is 4.39 Å². The minimum Gasteiger partial charge on any atom is -0.494 e. The molecule has 0 aliphatic heterocycles. The van der Waals surface area contributed by atoms with Gasteiger partial charge in [0.25, 0.3) is 0 Å². The molecule has 0 fully saturated rings. The maximum absolute atomic E-state index is 13.8. The van der Waals surface area contributed by atoms with Gasteiger partial charge >= 0.3 is 0 Å². The molecule has 0 aliphatic rings. The van der Waals surface area contributed by atoms with Gasteiger partial charge in [0.15, 0.2) is 23.1 Å². The molecule has 6 heteroatoms. The first-order chi connectivity index (χ1) is 13.3. The van der Waals surface area contributed by atoms with Crippen LogP contribution in [-0.2, 0) is 11.3 Å². The molecule has 0 atom stereocenters. The van der Waals surface area contributed by atoms with Gasteiger partial charge in [0.2, 0.25) is 5.91 Å². The number of likely N-dealkylation sites (N-methyl/N-ethyl adjacent to an activating group) is 1. The number of rotatable bonds is 8. The number of hydrogen-bond donors (Lipinski definition) is 0. The number of hydrogen-bond acceptors (Lipinski definition) is 4. The van der Waals surface area contributed by atoms with E-state index in [1.807, 2.05) is 26.0 Å². The van der Waals surface area contributed by atoms with E-state index < -0.39 is 5.82 Å². The fraction of sp³-hybridized carbons (Fsp3) is 0.318. The van der Waals surface area contributed by atoms with Gasteiger partial charge in [0, 0.05) is 19.7 Å².